The summed E-state index contributed by atoms with van der Waals surface area (Å²) in [5, 5.41) is 9.89. The van der Waals surface area contributed by atoms with Crippen LogP contribution in [0.5, 0.6) is 5.75 Å². The third-order valence-corrected chi connectivity index (χ3v) is 5.77. The normalized spacial score (nSPS) is 15.6. The molecule has 3 amide bonds. The highest BCUT2D eigenvalue weighted by Crippen LogP contribution is 2.34. The maximum atomic E-state index is 12.9. The minimum atomic E-state index is -0.283. The zero-order valence-corrected chi connectivity index (χ0v) is 17.3. The fourth-order valence-electron chi connectivity index (χ4n) is 3.58. The third-order valence-electron chi connectivity index (χ3n) is 5.07. The number of hydrogen-bond acceptors (Lipinski definition) is 5. The molecule has 0 radical (unpaired) electrons. The van der Waals surface area contributed by atoms with Gasteiger partial charge in [-0.2, -0.15) is 11.3 Å². The highest BCUT2D eigenvalue weighted by molar-refractivity contribution is 7.08. The number of hydrogen-bond donors (Lipinski definition) is 2. The molecule has 4 rings (SSSR count). The van der Waals surface area contributed by atoms with Gasteiger partial charge in [0.15, 0.2) is 0 Å². The highest BCUT2D eigenvalue weighted by Gasteiger charge is 2.30. The smallest absolute Gasteiger partial charge is 0.322 e. The van der Waals surface area contributed by atoms with Gasteiger partial charge in [-0.1, -0.05) is 0 Å². The van der Waals surface area contributed by atoms with Crippen LogP contribution in [0.2, 0.25) is 0 Å². The molecule has 1 aromatic carbocycles. The van der Waals surface area contributed by atoms with Crippen molar-refractivity contribution in [3.8, 4) is 5.75 Å². The summed E-state index contributed by atoms with van der Waals surface area (Å²) in [5.41, 5.74) is 2.75. The number of likely N-dealkylation sites (tertiary alicyclic amines) is 1. The van der Waals surface area contributed by atoms with Crippen LogP contribution >= 0.6 is 11.3 Å². The Balaban J connectivity index is 1.46. The number of amides is 3. The Kier molecular flexibility index (Phi) is 5.94. The van der Waals surface area contributed by atoms with Crippen LogP contribution in [0.1, 0.15) is 34.8 Å². The molecule has 3 heterocycles. The molecule has 7 nitrogen and oxygen atoms in total. The zero-order chi connectivity index (χ0) is 20.9. The van der Waals surface area contributed by atoms with Crippen molar-refractivity contribution in [2.45, 2.75) is 18.9 Å². The second kappa shape index (κ2) is 8.96. The van der Waals surface area contributed by atoms with Gasteiger partial charge in [0.25, 0.3) is 5.91 Å². The lowest BCUT2D eigenvalue weighted by atomic mass is 10.1. The molecule has 1 saturated heterocycles. The summed E-state index contributed by atoms with van der Waals surface area (Å²) in [6, 6.07) is 10.6. The Hall–Kier alpha value is -3.39. The van der Waals surface area contributed by atoms with Gasteiger partial charge in [0.1, 0.15) is 5.75 Å². The van der Waals surface area contributed by atoms with E-state index in [0.717, 1.165) is 19.4 Å². The average molecular weight is 423 g/mol. The molecule has 1 atom stereocenters. The van der Waals surface area contributed by atoms with Gasteiger partial charge < -0.3 is 20.3 Å². The molecule has 8 heteroatoms. The Morgan fingerprint density at radius 2 is 2.13 bits per heavy atom. The van der Waals surface area contributed by atoms with E-state index in [0.29, 0.717) is 22.7 Å². The maximum absolute atomic E-state index is 12.9. The number of pyridine rings is 1. The summed E-state index contributed by atoms with van der Waals surface area (Å²) in [6.07, 6.45) is 5.05. The molecule has 0 spiro atoms. The van der Waals surface area contributed by atoms with Crippen LogP contribution in [-0.4, -0.2) is 35.5 Å². The van der Waals surface area contributed by atoms with Gasteiger partial charge in [0.2, 0.25) is 0 Å². The van der Waals surface area contributed by atoms with Crippen LogP contribution in [-0.2, 0) is 0 Å². The Bertz CT molecular complexity index is 1020. The van der Waals surface area contributed by atoms with E-state index in [9.17, 15) is 9.59 Å². The van der Waals surface area contributed by atoms with Crippen molar-refractivity contribution in [2.24, 2.45) is 0 Å². The van der Waals surface area contributed by atoms with Gasteiger partial charge >= 0.3 is 6.03 Å². The van der Waals surface area contributed by atoms with Crippen LogP contribution in [0, 0.1) is 0 Å². The van der Waals surface area contributed by atoms with Crippen LogP contribution in [0.25, 0.3) is 0 Å². The SMILES string of the molecule is COc1cc(NC(=O)N2CCC[C@@H]2c2ccsc2)ccc1NC(=O)c1cccnc1. The molecule has 3 aromatic rings. The number of thiophene rings is 1. The lowest BCUT2D eigenvalue weighted by Crippen LogP contribution is -2.34. The molecule has 0 aliphatic carbocycles. The Morgan fingerprint density at radius 1 is 1.23 bits per heavy atom. The molecular formula is C22H22N4O3S. The van der Waals surface area contributed by atoms with Gasteiger partial charge in [-0.3, -0.25) is 9.78 Å². The third kappa shape index (κ3) is 4.28. The van der Waals surface area contributed by atoms with Crippen molar-refractivity contribution in [1.82, 2.24) is 9.88 Å². The number of methoxy groups -OCH3 is 1. The summed E-state index contributed by atoms with van der Waals surface area (Å²) in [6.45, 7) is 0.725. The van der Waals surface area contributed by atoms with Crippen molar-refractivity contribution in [2.75, 3.05) is 24.3 Å². The van der Waals surface area contributed by atoms with Crippen molar-refractivity contribution in [3.63, 3.8) is 0 Å². The Morgan fingerprint density at radius 3 is 2.87 bits per heavy atom. The van der Waals surface area contributed by atoms with Crippen molar-refractivity contribution >= 4 is 34.6 Å². The number of carbonyl (C=O) groups excluding carboxylic acids is 2. The number of anilines is 2. The van der Waals surface area contributed by atoms with E-state index in [2.05, 4.69) is 27.1 Å². The zero-order valence-electron chi connectivity index (χ0n) is 16.5. The first kappa shape index (κ1) is 19.9. The summed E-state index contributed by atoms with van der Waals surface area (Å²) >= 11 is 1.64. The van der Waals surface area contributed by atoms with Crippen molar-refractivity contribution < 1.29 is 14.3 Å². The number of aromatic nitrogens is 1. The lowest BCUT2D eigenvalue weighted by Gasteiger charge is -2.24. The van der Waals surface area contributed by atoms with Crippen molar-refractivity contribution in [3.05, 3.63) is 70.7 Å². The van der Waals surface area contributed by atoms with E-state index in [1.165, 1.54) is 18.9 Å². The van der Waals surface area contributed by atoms with E-state index < -0.39 is 0 Å². The van der Waals surface area contributed by atoms with Gasteiger partial charge in [-0.05, 0) is 59.5 Å². The topological polar surface area (TPSA) is 83.6 Å². The molecule has 1 fully saturated rings. The molecule has 0 bridgehead atoms. The second-order valence-electron chi connectivity index (χ2n) is 6.95. The maximum Gasteiger partial charge on any atom is 0.322 e. The number of urea groups is 1. The lowest BCUT2D eigenvalue weighted by molar-refractivity contribution is 0.102. The number of nitrogens with one attached hydrogen (secondary N) is 2. The second-order valence-corrected chi connectivity index (χ2v) is 7.73. The molecule has 2 N–H and O–H groups in total. The Labute approximate surface area is 178 Å². The number of carbonyl (C=O) groups is 2. The van der Waals surface area contributed by atoms with Gasteiger partial charge in [0.05, 0.1) is 24.4 Å². The molecule has 0 unspecified atom stereocenters. The van der Waals surface area contributed by atoms with Gasteiger partial charge in [-0.25, -0.2) is 4.79 Å². The van der Waals surface area contributed by atoms with Crippen LogP contribution in [0.4, 0.5) is 16.2 Å². The average Bonchev–Trinajstić information content (AvgIpc) is 3.47. The van der Waals surface area contributed by atoms with Crippen LogP contribution < -0.4 is 15.4 Å². The predicted octanol–water partition coefficient (Wildman–Crippen LogP) is 4.77. The van der Waals surface area contributed by atoms with E-state index in [1.807, 2.05) is 10.3 Å². The quantitative estimate of drug-likeness (QED) is 0.620. The fourth-order valence-corrected chi connectivity index (χ4v) is 4.29. The van der Waals surface area contributed by atoms with Crippen LogP contribution in [0.15, 0.2) is 59.6 Å². The van der Waals surface area contributed by atoms with Gasteiger partial charge in [0, 0.05) is 30.7 Å². The first-order chi connectivity index (χ1) is 14.7. The minimum absolute atomic E-state index is 0.108. The molecule has 154 valence electrons. The molecule has 1 aliphatic heterocycles. The minimum Gasteiger partial charge on any atom is -0.494 e. The standard InChI is InChI=1S/C22H22N4O3S/c1-29-20-12-17(6-7-18(20)25-21(27)15-4-2-9-23-13-15)24-22(28)26-10-3-5-19(26)16-8-11-30-14-16/h2,4,6-9,11-14,19H,3,5,10H2,1H3,(H,24,28)(H,25,27)/t19-/m1/s1. The number of ether oxygens (including phenoxy) is 1. The first-order valence-corrected chi connectivity index (χ1v) is 10.6. The van der Waals surface area contributed by atoms with E-state index in [4.69, 9.17) is 4.74 Å². The molecular weight excluding hydrogens is 400 g/mol. The summed E-state index contributed by atoms with van der Waals surface area (Å²) < 4.78 is 5.42. The van der Waals surface area contributed by atoms with E-state index in [-0.39, 0.29) is 18.0 Å². The number of nitrogens with zero attached hydrogens (tertiary/aromatic N) is 2. The molecule has 2 aromatic heterocycles. The van der Waals surface area contributed by atoms with E-state index in [1.54, 1.807) is 47.9 Å². The largest absolute Gasteiger partial charge is 0.494 e. The van der Waals surface area contributed by atoms with Gasteiger partial charge in [-0.15, -0.1) is 0 Å². The molecule has 30 heavy (non-hydrogen) atoms. The van der Waals surface area contributed by atoms with E-state index >= 15 is 0 Å². The van der Waals surface area contributed by atoms with Crippen molar-refractivity contribution in [1.29, 1.82) is 0 Å². The van der Waals surface area contributed by atoms with Crippen LogP contribution in [0.3, 0.4) is 0 Å². The first-order valence-electron chi connectivity index (χ1n) is 9.65. The predicted molar refractivity (Wildman–Crippen MR) is 117 cm³/mol. The number of benzene rings is 1. The summed E-state index contributed by atoms with van der Waals surface area (Å²) in [4.78, 5) is 31.1. The molecule has 0 saturated carbocycles. The summed E-state index contributed by atoms with van der Waals surface area (Å²) in [5.74, 6) is 0.176. The fraction of sp³-hybridized carbons (Fsp3) is 0.227. The number of rotatable bonds is 5. The molecule has 1 aliphatic rings. The summed E-state index contributed by atoms with van der Waals surface area (Å²) in [7, 11) is 1.52. The highest BCUT2D eigenvalue weighted by atomic mass is 32.1. The monoisotopic (exact) mass is 422 g/mol.